The number of hydrogen-bond donors (Lipinski definition) is 1. The Balaban J connectivity index is 1.18. The predicted octanol–water partition coefficient (Wildman–Crippen LogP) is 4.76. The summed E-state index contributed by atoms with van der Waals surface area (Å²) in [6, 6.07) is 15.6. The number of ether oxygens (including phenoxy) is 1. The molecule has 12 nitrogen and oxygen atoms in total. The number of nitrogens with zero attached hydrogens (tertiary/aromatic N) is 8. The van der Waals surface area contributed by atoms with E-state index in [1.54, 1.807) is 23.6 Å². The molecule has 0 atom stereocenters. The summed E-state index contributed by atoms with van der Waals surface area (Å²) in [5.74, 6) is 1.84. The minimum atomic E-state index is -3.21. The Kier molecular flexibility index (Phi) is 8.74. The van der Waals surface area contributed by atoms with Crippen molar-refractivity contribution in [3.05, 3.63) is 70.0 Å². The highest BCUT2D eigenvalue weighted by Crippen LogP contribution is 2.38. The summed E-state index contributed by atoms with van der Waals surface area (Å²) in [5, 5.41) is 6.55. The molecule has 2 aliphatic rings. The Morgan fingerprint density at radius 3 is 2.48 bits per heavy atom. The lowest BCUT2D eigenvalue weighted by Crippen LogP contribution is -2.48. The summed E-state index contributed by atoms with van der Waals surface area (Å²) in [6.07, 6.45) is 2.93. The van der Waals surface area contributed by atoms with Crippen molar-refractivity contribution in [3.8, 4) is 0 Å². The first-order valence-electron chi connectivity index (χ1n) is 14.8. The third kappa shape index (κ3) is 6.50. The van der Waals surface area contributed by atoms with Gasteiger partial charge in [-0.05, 0) is 35.9 Å². The molecule has 7 rings (SSSR count). The van der Waals surface area contributed by atoms with Crippen LogP contribution in [0.15, 0.2) is 53.6 Å². The number of anilines is 3. The van der Waals surface area contributed by atoms with Crippen LogP contribution >= 0.6 is 34.5 Å². The summed E-state index contributed by atoms with van der Waals surface area (Å²) >= 11 is 14.1. The summed E-state index contributed by atoms with van der Waals surface area (Å²) in [4.78, 5) is 18.9. The maximum Gasteiger partial charge on any atom is 0.246 e. The second kappa shape index (κ2) is 12.9. The van der Waals surface area contributed by atoms with Crippen molar-refractivity contribution < 1.29 is 13.2 Å². The second-order valence-corrected chi connectivity index (χ2v) is 14.9. The molecule has 46 heavy (non-hydrogen) atoms. The SMILES string of the molecule is CS(=O)(=O)N1CCN(c2cc3nc(N/N=C/c4nc5ccccc5n4Cc4ccc(Cl)c(Cl)c4)nc(N4CCOCC4)c3s2)CC1. The molecule has 0 aliphatic carbocycles. The zero-order valence-electron chi connectivity index (χ0n) is 24.9. The number of halogens is 2. The second-order valence-electron chi connectivity index (χ2n) is 11.1. The Labute approximate surface area is 280 Å². The molecule has 0 unspecified atom stereocenters. The number of hydrazone groups is 1. The zero-order valence-corrected chi connectivity index (χ0v) is 28.1. The molecule has 5 aromatic rings. The molecule has 2 saturated heterocycles. The van der Waals surface area contributed by atoms with Crippen LogP contribution in [0.4, 0.5) is 16.8 Å². The fourth-order valence-corrected chi connectivity index (χ4v) is 7.98. The summed E-state index contributed by atoms with van der Waals surface area (Å²) in [7, 11) is -3.21. The highest BCUT2D eigenvalue weighted by molar-refractivity contribution is 7.88. The average Bonchev–Trinajstić information content (AvgIpc) is 3.64. The van der Waals surface area contributed by atoms with Gasteiger partial charge < -0.3 is 19.1 Å². The van der Waals surface area contributed by atoms with Crippen molar-refractivity contribution >= 4 is 88.8 Å². The van der Waals surface area contributed by atoms with E-state index in [-0.39, 0.29) is 0 Å². The van der Waals surface area contributed by atoms with Gasteiger partial charge in [0, 0.05) is 45.8 Å². The number of benzene rings is 2. The Hall–Kier alpha value is -3.53. The number of thiophene rings is 1. The number of hydrogen-bond acceptors (Lipinski definition) is 11. The van der Waals surface area contributed by atoms with Crippen LogP contribution in [0.2, 0.25) is 10.0 Å². The van der Waals surface area contributed by atoms with E-state index in [0.29, 0.717) is 80.8 Å². The van der Waals surface area contributed by atoms with Crippen molar-refractivity contribution in [1.29, 1.82) is 0 Å². The van der Waals surface area contributed by atoms with E-state index in [2.05, 4.69) is 24.9 Å². The van der Waals surface area contributed by atoms with Crippen LogP contribution in [0, 0.1) is 0 Å². The monoisotopic (exact) mass is 699 g/mol. The van der Waals surface area contributed by atoms with Crippen molar-refractivity contribution in [1.82, 2.24) is 23.8 Å². The van der Waals surface area contributed by atoms with Crippen LogP contribution < -0.4 is 15.2 Å². The fraction of sp³-hybridized carbons (Fsp3) is 0.333. The van der Waals surface area contributed by atoms with Crippen molar-refractivity contribution in [2.75, 3.05) is 74.0 Å². The van der Waals surface area contributed by atoms with E-state index in [4.69, 9.17) is 42.9 Å². The molecule has 2 aromatic carbocycles. The molecular formula is C30H31Cl2N9O3S2. The number of imidazole rings is 1. The van der Waals surface area contributed by atoms with E-state index < -0.39 is 10.0 Å². The van der Waals surface area contributed by atoms with E-state index >= 15 is 0 Å². The topological polar surface area (TPSA) is 121 Å². The van der Waals surface area contributed by atoms with Crippen molar-refractivity contribution in [3.63, 3.8) is 0 Å². The van der Waals surface area contributed by atoms with Gasteiger partial charge in [0.25, 0.3) is 0 Å². The Bertz CT molecular complexity index is 2040. The maximum atomic E-state index is 12.0. The van der Waals surface area contributed by atoms with E-state index in [1.165, 1.54) is 10.6 Å². The standard InChI is InChI=1S/C30H31Cl2N9O3S2/c1-46(42,43)40-10-8-38(9-11-40)27-17-24-28(45-27)29(39-12-14-44-15-13-39)36-30(35-24)37-33-18-26-34-23-4-2-3-5-25(23)41(26)19-20-6-7-21(31)22(32)16-20/h2-7,16-18H,8-15,19H2,1H3,(H,35,36,37)/b33-18+. The third-order valence-corrected chi connectivity index (χ3v) is 11.2. The van der Waals surface area contributed by atoms with Gasteiger partial charge in [-0.25, -0.2) is 23.8 Å². The molecule has 5 heterocycles. The average molecular weight is 701 g/mol. The number of rotatable bonds is 8. The molecule has 16 heteroatoms. The van der Waals surface area contributed by atoms with Gasteiger partial charge in [0.05, 0.1) is 62.0 Å². The highest BCUT2D eigenvalue weighted by atomic mass is 35.5. The molecule has 0 bridgehead atoms. The quantitative estimate of drug-likeness (QED) is 0.181. The molecule has 2 aliphatic heterocycles. The molecule has 3 aromatic heterocycles. The van der Waals surface area contributed by atoms with E-state index in [0.717, 1.165) is 37.6 Å². The van der Waals surface area contributed by atoms with Crippen molar-refractivity contribution in [2.24, 2.45) is 5.10 Å². The fourth-order valence-electron chi connectivity index (χ4n) is 5.66. The van der Waals surface area contributed by atoms with Crippen LogP contribution in [0.5, 0.6) is 0 Å². The molecular weight excluding hydrogens is 669 g/mol. The lowest BCUT2D eigenvalue weighted by molar-refractivity contribution is 0.122. The normalized spacial score (nSPS) is 16.7. The van der Waals surface area contributed by atoms with E-state index in [9.17, 15) is 8.42 Å². The summed E-state index contributed by atoms with van der Waals surface area (Å²) < 4.78 is 34.2. The van der Waals surface area contributed by atoms with Crippen molar-refractivity contribution in [2.45, 2.75) is 6.54 Å². The van der Waals surface area contributed by atoms with Gasteiger partial charge in [-0.2, -0.15) is 14.4 Å². The number of para-hydroxylation sites is 2. The number of sulfonamides is 1. The predicted molar refractivity (Wildman–Crippen MR) is 186 cm³/mol. The first kappa shape index (κ1) is 31.1. The summed E-state index contributed by atoms with van der Waals surface area (Å²) in [5.41, 5.74) is 6.63. The molecule has 0 spiro atoms. The van der Waals surface area contributed by atoms with Crippen LogP contribution in [0.25, 0.3) is 21.3 Å². The van der Waals surface area contributed by atoms with Gasteiger partial charge in [0.2, 0.25) is 16.0 Å². The highest BCUT2D eigenvalue weighted by Gasteiger charge is 2.26. The van der Waals surface area contributed by atoms with Crippen LogP contribution in [0.3, 0.4) is 0 Å². The van der Waals surface area contributed by atoms with Gasteiger partial charge in [-0.15, -0.1) is 11.3 Å². The number of morpholine rings is 1. The largest absolute Gasteiger partial charge is 0.378 e. The lowest BCUT2D eigenvalue weighted by atomic mass is 10.2. The molecule has 0 amide bonds. The maximum absolute atomic E-state index is 12.0. The minimum absolute atomic E-state index is 0.364. The first-order valence-corrected chi connectivity index (χ1v) is 18.2. The zero-order chi connectivity index (χ0) is 31.8. The number of aromatic nitrogens is 4. The molecule has 1 N–H and O–H groups in total. The first-order chi connectivity index (χ1) is 22.2. The van der Waals surface area contributed by atoms with Crippen LogP contribution in [-0.2, 0) is 21.3 Å². The van der Waals surface area contributed by atoms with E-state index in [1.807, 2.05) is 42.5 Å². The molecule has 2 fully saturated rings. The number of piperazine rings is 1. The van der Waals surface area contributed by atoms with Crippen LogP contribution in [0.1, 0.15) is 11.4 Å². The van der Waals surface area contributed by atoms with Gasteiger partial charge in [0.1, 0.15) is 0 Å². The molecule has 240 valence electrons. The Morgan fingerprint density at radius 2 is 1.72 bits per heavy atom. The van der Waals surface area contributed by atoms with Gasteiger partial charge in [-0.1, -0.05) is 41.4 Å². The van der Waals surface area contributed by atoms with Gasteiger partial charge in [0.15, 0.2) is 11.6 Å². The number of nitrogens with one attached hydrogen (secondary N) is 1. The molecule has 0 radical (unpaired) electrons. The molecule has 0 saturated carbocycles. The summed E-state index contributed by atoms with van der Waals surface area (Å²) in [6.45, 7) is 5.32. The Morgan fingerprint density at radius 1 is 0.935 bits per heavy atom. The number of fused-ring (bicyclic) bond motifs is 2. The van der Waals surface area contributed by atoms with Gasteiger partial charge >= 0.3 is 0 Å². The third-order valence-electron chi connectivity index (χ3n) is 8.02. The lowest BCUT2D eigenvalue weighted by Gasteiger charge is -2.33. The minimum Gasteiger partial charge on any atom is -0.378 e. The van der Waals surface area contributed by atoms with Crippen LogP contribution in [-0.4, -0.2) is 97.2 Å². The van der Waals surface area contributed by atoms with Gasteiger partial charge in [-0.3, -0.25) is 0 Å². The smallest absolute Gasteiger partial charge is 0.246 e.